The summed E-state index contributed by atoms with van der Waals surface area (Å²) in [5.41, 5.74) is 0. The van der Waals surface area contributed by atoms with Gasteiger partial charge in [-0.05, 0) is 12.1 Å². The average Bonchev–Trinajstić information content (AvgIpc) is 1.91. The molecule has 0 aromatic carbocycles. The summed E-state index contributed by atoms with van der Waals surface area (Å²) < 4.78 is 0. The predicted molar refractivity (Wildman–Crippen MR) is 35.8 cm³/mol. The first-order valence-electron chi connectivity index (χ1n) is 2.57. The maximum absolute atomic E-state index is 8.24. The van der Waals surface area contributed by atoms with Crippen molar-refractivity contribution in [3.8, 4) is 0 Å². The highest BCUT2D eigenvalue weighted by Crippen LogP contribution is 1.96. The molecule has 1 aromatic rings. The van der Waals surface area contributed by atoms with Crippen molar-refractivity contribution in [3.05, 3.63) is 24.4 Å². The van der Waals surface area contributed by atoms with Gasteiger partial charge in [0.25, 0.3) is 0 Å². The molecular formula is C5H6BN2O. The average molecular weight is 121 g/mol. The Morgan fingerprint density at radius 1 is 1.56 bits per heavy atom. The highest BCUT2D eigenvalue weighted by Gasteiger charge is 1.87. The molecular weight excluding hydrogens is 115 g/mol. The zero-order valence-corrected chi connectivity index (χ0v) is 4.78. The molecule has 1 aromatic heterocycles. The molecule has 4 heteroatoms. The van der Waals surface area contributed by atoms with E-state index in [2.05, 4.69) is 10.2 Å². The van der Waals surface area contributed by atoms with E-state index < -0.39 is 0 Å². The normalized spacial score (nSPS) is 8.56. The molecule has 0 bridgehead atoms. The van der Waals surface area contributed by atoms with E-state index in [-0.39, 0.29) is 0 Å². The van der Waals surface area contributed by atoms with Gasteiger partial charge in [0, 0.05) is 6.20 Å². The van der Waals surface area contributed by atoms with E-state index in [9.17, 15) is 0 Å². The van der Waals surface area contributed by atoms with Crippen molar-refractivity contribution in [3.63, 3.8) is 0 Å². The molecule has 3 nitrogen and oxygen atoms in total. The molecule has 0 unspecified atom stereocenters. The van der Waals surface area contributed by atoms with Gasteiger partial charge in [0.05, 0.1) is 0 Å². The van der Waals surface area contributed by atoms with Crippen LogP contribution in [0.3, 0.4) is 0 Å². The van der Waals surface area contributed by atoms with Crippen molar-refractivity contribution in [1.82, 2.24) is 4.98 Å². The van der Waals surface area contributed by atoms with Crippen molar-refractivity contribution >= 4 is 13.4 Å². The Hall–Kier alpha value is -1.03. The van der Waals surface area contributed by atoms with Crippen LogP contribution in [0.5, 0.6) is 0 Å². The molecule has 9 heavy (non-hydrogen) atoms. The molecule has 1 rings (SSSR count). The van der Waals surface area contributed by atoms with Crippen LogP contribution in [0.25, 0.3) is 0 Å². The predicted octanol–water partition coefficient (Wildman–Crippen LogP) is 0.0200. The van der Waals surface area contributed by atoms with Gasteiger partial charge in [-0.2, -0.15) is 0 Å². The first-order chi connectivity index (χ1) is 4.43. The van der Waals surface area contributed by atoms with Crippen LogP contribution in [0, 0.1) is 0 Å². The molecule has 0 saturated carbocycles. The second kappa shape index (κ2) is 3.09. The minimum atomic E-state index is 0.639. The fourth-order valence-electron chi connectivity index (χ4n) is 0.514. The van der Waals surface area contributed by atoms with Crippen molar-refractivity contribution in [2.45, 2.75) is 0 Å². The molecule has 1 radical (unpaired) electrons. The van der Waals surface area contributed by atoms with Gasteiger partial charge in [-0.1, -0.05) is 6.07 Å². The highest BCUT2D eigenvalue weighted by atomic mass is 16.2. The molecule has 0 amide bonds. The van der Waals surface area contributed by atoms with E-state index in [1.54, 1.807) is 12.3 Å². The molecule has 2 N–H and O–H groups in total. The standard InChI is InChI=1S/C5H6BN2O/c9-6-8-5-3-1-2-4-7-5/h1-4,9H,(H,7,8). The second-order valence-corrected chi connectivity index (χ2v) is 1.49. The summed E-state index contributed by atoms with van der Waals surface area (Å²) in [5.74, 6) is 0.639. The Morgan fingerprint density at radius 3 is 3.00 bits per heavy atom. The zero-order chi connectivity index (χ0) is 6.53. The highest BCUT2D eigenvalue weighted by molar-refractivity contribution is 6.30. The number of anilines is 1. The van der Waals surface area contributed by atoms with Crippen molar-refractivity contribution in [2.24, 2.45) is 0 Å². The Bertz CT molecular complexity index is 168. The minimum Gasteiger partial charge on any atom is -0.435 e. The van der Waals surface area contributed by atoms with Crippen LogP contribution >= 0.6 is 0 Å². The van der Waals surface area contributed by atoms with Crippen LogP contribution in [0.2, 0.25) is 0 Å². The smallest absolute Gasteiger partial charge is 0.434 e. The summed E-state index contributed by atoms with van der Waals surface area (Å²) in [5, 5.41) is 10.8. The molecule has 0 atom stereocenters. The Labute approximate surface area is 54.0 Å². The number of pyridine rings is 1. The number of hydrogen-bond acceptors (Lipinski definition) is 3. The van der Waals surface area contributed by atoms with Gasteiger partial charge in [0.2, 0.25) is 0 Å². The Kier molecular flexibility index (Phi) is 2.10. The van der Waals surface area contributed by atoms with Crippen molar-refractivity contribution in [1.29, 1.82) is 0 Å². The summed E-state index contributed by atoms with van der Waals surface area (Å²) in [6.07, 6.45) is 1.64. The fraction of sp³-hybridized carbons (Fsp3) is 0. The lowest BCUT2D eigenvalue weighted by molar-refractivity contribution is 0.609. The number of aromatic nitrogens is 1. The third-order valence-electron chi connectivity index (χ3n) is 0.877. The van der Waals surface area contributed by atoms with Gasteiger partial charge < -0.3 is 10.3 Å². The lowest BCUT2D eigenvalue weighted by atomic mass is 10.3. The monoisotopic (exact) mass is 121 g/mol. The van der Waals surface area contributed by atoms with Crippen LogP contribution < -0.4 is 5.23 Å². The van der Waals surface area contributed by atoms with Crippen LogP contribution in [0.4, 0.5) is 5.82 Å². The molecule has 1 heterocycles. The van der Waals surface area contributed by atoms with Gasteiger partial charge in [-0.3, -0.25) is 0 Å². The maximum atomic E-state index is 8.24. The van der Waals surface area contributed by atoms with Crippen molar-refractivity contribution < 1.29 is 5.02 Å². The SMILES string of the molecule is O[B]Nc1ccccn1. The van der Waals surface area contributed by atoms with Crippen LogP contribution in [0.15, 0.2) is 24.4 Å². The summed E-state index contributed by atoms with van der Waals surface area (Å²) in [6, 6.07) is 5.40. The number of nitrogens with one attached hydrogen (secondary N) is 1. The molecule has 0 aliphatic carbocycles. The van der Waals surface area contributed by atoms with Gasteiger partial charge in [0.15, 0.2) is 0 Å². The first kappa shape index (κ1) is 6.10. The molecule has 0 fully saturated rings. The minimum absolute atomic E-state index is 0.639. The number of nitrogens with zero attached hydrogens (tertiary/aromatic N) is 1. The van der Waals surface area contributed by atoms with E-state index in [0.717, 1.165) is 7.62 Å². The third-order valence-corrected chi connectivity index (χ3v) is 0.877. The van der Waals surface area contributed by atoms with E-state index in [1.807, 2.05) is 12.1 Å². The molecule has 0 aliphatic rings. The van der Waals surface area contributed by atoms with Crippen LogP contribution in [-0.2, 0) is 0 Å². The summed E-state index contributed by atoms with van der Waals surface area (Å²) in [6.45, 7) is 0. The number of rotatable bonds is 2. The van der Waals surface area contributed by atoms with Gasteiger partial charge in [0.1, 0.15) is 5.82 Å². The fourth-order valence-corrected chi connectivity index (χ4v) is 0.514. The maximum Gasteiger partial charge on any atom is 0.434 e. The van der Waals surface area contributed by atoms with E-state index in [1.165, 1.54) is 0 Å². The van der Waals surface area contributed by atoms with Crippen LogP contribution in [0.1, 0.15) is 0 Å². The molecule has 0 spiro atoms. The van der Waals surface area contributed by atoms with Gasteiger partial charge in [-0.25, -0.2) is 4.98 Å². The molecule has 0 saturated heterocycles. The molecule has 45 valence electrons. The van der Waals surface area contributed by atoms with Crippen LogP contribution in [-0.4, -0.2) is 17.6 Å². The summed E-state index contributed by atoms with van der Waals surface area (Å²) in [7, 11) is 0.850. The Morgan fingerprint density at radius 2 is 2.44 bits per heavy atom. The van der Waals surface area contributed by atoms with Crippen molar-refractivity contribution in [2.75, 3.05) is 5.23 Å². The van der Waals surface area contributed by atoms with Gasteiger partial charge in [-0.15, -0.1) is 0 Å². The van der Waals surface area contributed by atoms with E-state index in [4.69, 9.17) is 5.02 Å². The largest absolute Gasteiger partial charge is 0.435 e. The van der Waals surface area contributed by atoms with E-state index in [0.29, 0.717) is 5.82 Å². The second-order valence-electron chi connectivity index (χ2n) is 1.49. The lowest BCUT2D eigenvalue weighted by Gasteiger charge is -1.95. The van der Waals surface area contributed by atoms with E-state index >= 15 is 0 Å². The third kappa shape index (κ3) is 1.73. The quantitative estimate of drug-likeness (QED) is 0.542. The number of hydrogen-bond donors (Lipinski definition) is 2. The van der Waals surface area contributed by atoms with Gasteiger partial charge >= 0.3 is 7.62 Å². The summed E-state index contributed by atoms with van der Waals surface area (Å²) >= 11 is 0. The first-order valence-corrected chi connectivity index (χ1v) is 2.57. The Balaban J connectivity index is 2.61. The summed E-state index contributed by atoms with van der Waals surface area (Å²) in [4.78, 5) is 3.87. The lowest BCUT2D eigenvalue weighted by Crippen LogP contribution is -2.05. The molecule has 0 aliphatic heterocycles. The zero-order valence-electron chi connectivity index (χ0n) is 4.78. The topological polar surface area (TPSA) is 45.1 Å².